The number of carbonyl (C=O) groups is 2. The molecule has 3 unspecified atom stereocenters. The van der Waals surface area contributed by atoms with E-state index in [1.165, 1.54) is 0 Å². The number of amides is 2. The molecule has 2 amide bonds. The smallest absolute Gasteiger partial charge is 0.246 e. The van der Waals surface area contributed by atoms with Gasteiger partial charge in [-0.05, 0) is 17.8 Å². The topological polar surface area (TPSA) is 58.6 Å². The Kier molecular flexibility index (Phi) is 5.79. The van der Waals surface area contributed by atoms with Crippen LogP contribution < -0.4 is 5.32 Å². The van der Waals surface area contributed by atoms with Gasteiger partial charge in [0, 0.05) is 7.11 Å². The molecule has 3 atom stereocenters. The van der Waals surface area contributed by atoms with Crippen LogP contribution in [-0.2, 0) is 14.3 Å². The van der Waals surface area contributed by atoms with E-state index in [1.54, 1.807) is 12.0 Å². The van der Waals surface area contributed by atoms with Crippen molar-refractivity contribution < 1.29 is 14.3 Å². The van der Waals surface area contributed by atoms with E-state index in [2.05, 4.69) is 5.32 Å². The third kappa shape index (κ3) is 3.76. The fourth-order valence-corrected chi connectivity index (χ4v) is 2.91. The Morgan fingerprint density at radius 3 is 2.24 bits per heavy atom. The molecule has 1 aliphatic heterocycles. The van der Waals surface area contributed by atoms with Crippen LogP contribution in [0.1, 0.15) is 48.0 Å². The SMILES string of the molecule is CCC(COC)N1C(=O)C(C(C)(C)C)NC(=O)C1C(C)C. The summed E-state index contributed by atoms with van der Waals surface area (Å²) in [6, 6.07) is -0.965. The van der Waals surface area contributed by atoms with E-state index in [1.807, 2.05) is 41.5 Å². The summed E-state index contributed by atoms with van der Waals surface area (Å²) in [6.07, 6.45) is 0.771. The van der Waals surface area contributed by atoms with Gasteiger partial charge in [0.1, 0.15) is 12.1 Å². The first kappa shape index (κ1) is 18.0. The van der Waals surface area contributed by atoms with Crippen LogP contribution >= 0.6 is 0 Å². The number of rotatable bonds is 5. The van der Waals surface area contributed by atoms with E-state index in [0.717, 1.165) is 6.42 Å². The zero-order valence-electron chi connectivity index (χ0n) is 14.4. The number of methoxy groups -OCH3 is 1. The Balaban J connectivity index is 3.20. The molecule has 0 aromatic heterocycles. The second-order valence-electron chi connectivity index (χ2n) is 7.26. The van der Waals surface area contributed by atoms with Crippen molar-refractivity contribution in [3.8, 4) is 0 Å². The van der Waals surface area contributed by atoms with Crippen LogP contribution in [0.3, 0.4) is 0 Å². The average Bonchev–Trinajstić information content (AvgIpc) is 2.36. The number of hydrogen-bond acceptors (Lipinski definition) is 3. The first-order chi connectivity index (χ1) is 9.65. The summed E-state index contributed by atoms with van der Waals surface area (Å²) in [5.41, 5.74) is -0.307. The second-order valence-corrected chi connectivity index (χ2v) is 7.26. The number of nitrogens with zero attached hydrogens (tertiary/aromatic N) is 1. The highest BCUT2D eigenvalue weighted by Gasteiger charge is 2.48. The third-order valence-corrected chi connectivity index (χ3v) is 4.08. The van der Waals surface area contributed by atoms with Crippen LogP contribution in [-0.4, -0.2) is 48.6 Å². The minimum atomic E-state index is -0.481. The lowest BCUT2D eigenvalue weighted by molar-refractivity contribution is -0.158. The molecule has 0 saturated carbocycles. The molecular weight excluding hydrogens is 268 g/mol. The van der Waals surface area contributed by atoms with Gasteiger partial charge in [0.2, 0.25) is 11.8 Å². The molecule has 1 fully saturated rings. The summed E-state index contributed by atoms with van der Waals surface area (Å²) in [7, 11) is 1.63. The van der Waals surface area contributed by atoms with Crippen LogP contribution in [0.4, 0.5) is 0 Å². The number of nitrogens with one attached hydrogen (secondary N) is 1. The minimum absolute atomic E-state index is 0.00435. The molecule has 0 aromatic rings. The highest BCUT2D eigenvalue weighted by Crippen LogP contribution is 2.29. The fourth-order valence-electron chi connectivity index (χ4n) is 2.91. The van der Waals surface area contributed by atoms with Gasteiger partial charge in [-0.2, -0.15) is 0 Å². The quantitative estimate of drug-likeness (QED) is 0.842. The zero-order valence-corrected chi connectivity index (χ0v) is 14.4. The van der Waals surface area contributed by atoms with Gasteiger partial charge < -0.3 is 15.0 Å². The maximum absolute atomic E-state index is 13.0. The van der Waals surface area contributed by atoms with Crippen molar-refractivity contribution >= 4 is 11.8 Å². The van der Waals surface area contributed by atoms with Crippen LogP contribution in [0, 0.1) is 11.3 Å². The molecule has 0 aromatic carbocycles. The third-order valence-electron chi connectivity index (χ3n) is 4.08. The van der Waals surface area contributed by atoms with Gasteiger partial charge in [0.15, 0.2) is 0 Å². The zero-order chi connectivity index (χ0) is 16.4. The number of piperazine rings is 1. The Morgan fingerprint density at radius 1 is 1.29 bits per heavy atom. The predicted molar refractivity (Wildman–Crippen MR) is 82.8 cm³/mol. The monoisotopic (exact) mass is 298 g/mol. The molecule has 21 heavy (non-hydrogen) atoms. The molecule has 1 saturated heterocycles. The van der Waals surface area contributed by atoms with Crippen molar-refractivity contribution in [3.05, 3.63) is 0 Å². The van der Waals surface area contributed by atoms with E-state index in [4.69, 9.17) is 4.74 Å². The maximum Gasteiger partial charge on any atom is 0.246 e. The Morgan fingerprint density at radius 2 is 1.86 bits per heavy atom. The van der Waals surface area contributed by atoms with E-state index in [-0.39, 0.29) is 29.2 Å². The summed E-state index contributed by atoms with van der Waals surface area (Å²) in [6.45, 7) is 12.3. The molecule has 0 spiro atoms. The molecule has 5 heteroatoms. The normalized spacial score (nSPS) is 25.2. The van der Waals surface area contributed by atoms with E-state index in [0.29, 0.717) is 6.61 Å². The molecule has 1 N–H and O–H groups in total. The molecule has 0 bridgehead atoms. The van der Waals surface area contributed by atoms with Gasteiger partial charge in [0.25, 0.3) is 0 Å². The molecule has 1 heterocycles. The Hall–Kier alpha value is -1.10. The highest BCUT2D eigenvalue weighted by molar-refractivity contribution is 5.97. The Bertz CT molecular complexity index is 387. The molecule has 0 aliphatic carbocycles. The van der Waals surface area contributed by atoms with E-state index < -0.39 is 12.1 Å². The lowest BCUT2D eigenvalue weighted by Crippen LogP contribution is -2.70. The van der Waals surface area contributed by atoms with Crippen molar-refractivity contribution in [2.24, 2.45) is 11.3 Å². The maximum atomic E-state index is 13.0. The molecule has 122 valence electrons. The van der Waals surface area contributed by atoms with Gasteiger partial charge in [-0.15, -0.1) is 0 Å². The lowest BCUT2D eigenvalue weighted by Gasteiger charge is -2.47. The van der Waals surface area contributed by atoms with Gasteiger partial charge in [-0.3, -0.25) is 9.59 Å². The lowest BCUT2D eigenvalue weighted by atomic mass is 9.82. The molecule has 1 rings (SSSR count). The van der Waals surface area contributed by atoms with Gasteiger partial charge >= 0.3 is 0 Å². The van der Waals surface area contributed by atoms with E-state index >= 15 is 0 Å². The average molecular weight is 298 g/mol. The summed E-state index contributed by atoms with van der Waals surface area (Å²) >= 11 is 0. The van der Waals surface area contributed by atoms with Crippen LogP contribution in [0.5, 0.6) is 0 Å². The Labute approximate surface area is 128 Å². The van der Waals surface area contributed by atoms with Crippen molar-refractivity contribution in [1.82, 2.24) is 10.2 Å². The second kappa shape index (κ2) is 6.77. The summed E-state index contributed by atoms with van der Waals surface area (Å²) < 4.78 is 5.25. The fraction of sp³-hybridized carbons (Fsp3) is 0.875. The standard InChI is InChI=1S/C16H30N2O3/c1-8-11(9-21-7)18-12(10(2)3)14(19)17-13(15(18)20)16(4,5)6/h10-13H,8-9H2,1-7H3,(H,17,19). The molecular formula is C16H30N2O3. The number of ether oxygens (including phenoxy) is 1. The van der Waals surface area contributed by atoms with Crippen molar-refractivity contribution in [2.75, 3.05) is 13.7 Å². The first-order valence-electron chi connectivity index (χ1n) is 7.76. The van der Waals surface area contributed by atoms with Crippen LogP contribution in [0.15, 0.2) is 0 Å². The first-order valence-corrected chi connectivity index (χ1v) is 7.76. The largest absolute Gasteiger partial charge is 0.383 e. The van der Waals surface area contributed by atoms with Crippen molar-refractivity contribution in [3.63, 3.8) is 0 Å². The minimum Gasteiger partial charge on any atom is -0.383 e. The predicted octanol–water partition coefficient (Wildman–Crippen LogP) is 1.81. The number of hydrogen-bond donors (Lipinski definition) is 1. The summed E-state index contributed by atoms with van der Waals surface area (Å²) in [5, 5.41) is 2.92. The van der Waals surface area contributed by atoms with E-state index in [9.17, 15) is 9.59 Å². The van der Waals surface area contributed by atoms with Gasteiger partial charge in [-0.25, -0.2) is 0 Å². The van der Waals surface area contributed by atoms with Gasteiger partial charge in [0.05, 0.1) is 12.6 Å². The summed E-state index contributed by atoms with van der Waals surface area (Å²) in [5.74, 6) is 0.0181. The summed E-state index contributed by atoms with van der Waals surface area (Å²) in [4.78, 5) is 27.3. The van der Waals surface area contributed by atoms with Crippen molar-refractivity contribution in [2.45, 2.75) is 66.1 Å². The molecule has 1 aliphatic rings. The van der Waals surface area contributed by atoms with Crippen LogP contribution in [0.25, 0.3) is 0 Å². The number of carbonyl (C=O) groups excluding carboxylic acids is 2. The molecule has 0 radical (unpaired) electrons. The van der Waals surface area contributed by atoms with Gasteiger partial charge in [-0.1, -0.05) is 41.5 Å². The van der Waals surface area contributed by atoms with Crippen molar-refractivity contribution in [1.29, 1.82) is 0 Å². The highest BCUT2D eigenvalue weighted by atomic mass is 16.5. The molecule has 5 nitrogen and oxygen atoms in total. The van der Waals surface area contributed by atoms with Crippen LogP contribution in [0.2, 0.25) is 0 Å².